The maximum Gasteiger partial charge on any atom is 0.175 e. The third kappa shape index (κ3) is 5.23. The van der Waals surface area contributed by atoms with Crippen molar-refractivity contribution in [3.05, 3.63) is 29.8 Å². The molecule has 2 aliphatic rings. The van der Waals surface area contributed by atoms with E-state index in [2.05, 4.69) is 49.4 Å². The zero-order chi connectivity index (χ0) is 21.9. The minimum Gasteiger partial charge on any atom is -0.361 e. The van der Waals surface area contributed by atoms with Crippen molar-refractivity contribution in [2.75, 3.05) is 51.1 Å². The Morgan fingerprint density at radius 2 is 1.93 bits per heavy atom. The average molecular weight is 455 g/mol. The Kier molecular flexibility index (Phi) is 7.94. The largest absolute Gasteiger partial charge is 0.361 e. The Morgan fingerprint density at radius 3 is 2.47 bits per heavy atom. The minimum absolute atomic E-state index is 0.0554. The van der Waals surface area contributed by atoms with E-state index in [1.165, 1.54) is 30.6 Å². The number of sulfone groups is 1. The fourth-order valence-electron chi connectivity index (χ4n) is 4.82. The van der Waals surface area contributed by atoms with Gasteiger partial charge in [-0.1, -0.05) is 39.3 Å². The zero-order valence-electron chi connectivity index (χ0n) is 19.1. The zero-order valence-corrected chi connectivity index (χ0v) is 20.8. The van der Waals surface area contributed by atoms with E-state index in [1.807, 2.05) is 12.1 Å². The summed E-state index contributed by atoms with van der Waals surface area (Å²) < 4.78 is 30.3. The van der Waals surface area contributed by atoms with Gasteiger partial charge in [-0.2, -0.15) is 11.8 Å². The number of piperazine rings is 1. The third-order valence-electron chi connectivity index (χ3n) is 7.14. The van der Waals surface area contributed by atoms with E-state index in [0.717, 1.165) is 31.8 Å². The van der Waals surface area contributed by atoms with Crippen LogP contribution in [-0.4, -0.2) is 75.5 Å². The van der Waals surface area contributed by atoms with Crippen molar-refractivity contribution in [2.24, 2.45) is 11.3 Å². The van der Waals surface area contributed by atoms with Crippen molar-refractivity contribution < 1.29 is 13.2 Å². The molecule has 170 valence electrons. The van der Waals surface area contributed by atoms with Gasteiger partial charge in [-0.25, -0.2) is 8.42 Å². The molecule has 2 fully saturated rings. The number of hydrogen-bond donors (Lipinski definition) is 0. The second-order valence-corrected chi connectivity index (χ2v) is 12.3. The molecule has 0 aliphatic carbocycles. The van der Waals surface area contributed by atoms with E-state index in [1.54, 1.807) is 12.1 Å². The van der Waals surface area contributed by atoms with Gasteiger partial charge in [0.1, 0.15) is 6.23 Å². The summed E-state index contributed by atoms with van der Waals surface area (Å²) in [4.78, 5) is 5.16. The van der Waals surface area contributed by atoms with Crippen LogP contribution in [0.15, 0.2) is 29.2 Å². The van der Waals surface area contributed by atoms with Gasteiger partial charge >= 0.3 is 0 Å². The lowest BCUT2D eigenvalue weighted by Gasteiger charge is -2.46. The Labute approximate surface area is 187 Å². The maximum absolute atomic E-state index is 11.8. The summed E-state index contributed by atoms with van der Waals surface area (Å²) in [6.07, 6.45) is 3.76. The second-order valence-electron chi connectivity index (χ2n) is 9.15. The highest BCUT2D eigenvalue weighted by molar-refractivity contribution is 7.99. The number of ether oxygens (including phenoxy) is 1. The first-order valence-corrected chi connectivity index (χ1v) is 14.2. The summed E-state index contributed by atoms with van der Waals surface area (Å²) in [6.45, 7) is 10.4. The van der Waals surface area contributed by atoms with Crippen molar-refractivity contribution >= 4 is 21.6 Å². The first-order chi connectivity index (χ1) is 14.2. The fraction of sp³-hybridized carbons (Fsp3) is 0.739. The van der Waals surface area contributed by atoms with Gasteiger partial charge < -0.3 is 9.64 Å². The van der Waals surface area contributed by atoms with Crippen molar-refractivity contribution in [2.45, 2.75) is 50.8 Å². The first-order valence-electron chi connectivity index (χ1n) is 11.1. The fourth-order valence-corrected chi connectivity index (χ4v) is 7.06. The second kappa shape index (κ2) is 9.90. The van der Waals surface area contributed by atoms with Gasteiger partial charge in [0.2, 0.25) is 0 Å². The van der Waals surface area contributed by atoms with Crippen molar-refractivity contribution in [1.82, 2.24) is 9.80 Å². The minimum atomic E-state index is -3.18. The van der Waals surface area contributed by atoms with E-state index in [0.29, 0.717) is 16.2 Å². The molecule has 0 spiro atoms. The Balaban J connectivity index is 1.77. The summed E-state index contributed by atoms with van der Waals surface area (Å²) >= 11 is 2.07. The summed E-state index contributed by atoms with van der Waals surface area (Å²) in [6, 6.07) is 7.60. The van der Waals surface area contributed by atoms with Crippen molar-refractivity contribution in [3.63, 3.8) is 0 Å². The van der Waals surface area contributed by atoms with Crippen molar-refractivity contribution in [1.29, 1.82) is 0 Å². The molecule has 7 heteroatoms. The van der Waals surface area contributed by atoms with Gasteiger partial charge in [0.05, 0.1) is 11.5 Å². The molecule has 0 N–H and O–H groups in total. The lowest BCUT2D eigenvalue weighted by Crippen LogP contribution is -2.55. The lowest BCUT2D eigenvalue weighted by atomic mass is 9.75. The topological polar surface area (TPSA) is 49.9 Å². The number of thioether (sulfide) groups is 1. The van der Waals surface area contributed by atoms with Gasteiger partial charge in [-0.05, 0) is 49.4 Å². The van der Waals surface area contributed by atoms with Crippen LogP contribution in [0.2, 0.25) is 0 Å². The molecular formula is C23H38N2O3S2. The van der Waals surface area contributed by atoms with Crippen LogP contribution in [0.5, 0.6) is 0 Å². The Bertz CT molecular complexity index is 791. The molecule has 5 nitrogen and oxygen atoms in total. The van der Waals surface area contributed by atoms with Crippen molar-refractivity contribution in [3.8, 4) is 0 Å². The highest BCUT2D eigenvalue weighted by atomic mass is 32.2. The van der Waals surface area contributed by atoms with Crippen LogP contribution in [0.4, 0.5) is 0 Å². The summed E-state index contributed by atoms with van der Waals surface area (Å²) in [5, 5.41) is 0. The molecular weight excluding hydrogens is 416 g/mol. The predicted molar refractivity (Wildman–Crippen MR) is 126 cm³/mol. The quantitative estimate of drug-likeness (QED) is 0.594. The molecule has 2 heterocycles. The van der Waals surface area contributed by atoms with Crippen LogP contribution >= 0.6 is 11.8 Å². The monoisotopic (exact) mass is 454 g/mol. The van der Waals surface area contributed by atoms with Crippen LogP contribution in [0.3, 0.4) is 0 Å². The normalized spacial score (nSPS) is 29.9. The third-order valence-corrected chi connectivity index (χ3v) is 9.54. The molecule has 0 bridgehead atoms. The number of benzene rings is 1. The van der Waals surface area contributed by atoms with Crippen LogP contribution in [0, 0.1) is 11.3 Å². The molecule has 30 heavy (non-hydrogen) atoms. The summed E-state index contributed by atoms with van der Waals surface area (Å²) in [5.74, 6) is 3.11. The molecule has 2 saturated heterocycles. The van der Waals surface area contributed by atoms with Gasteiger partial charge in [-0.3, -0.25) is 4.90 Å². The highest BCUT2D eigenvalue weighted by Gasteiger charge is 2.41. The maximum atomic E-state index is 11.8. The van der Waals surface area contributed by atoms with Crippen LogP contribution < -0.4 is 0 Å². The summed E-state index contributed by atoms with van der Waals surface area (Å²) in [7, 11) is -1.03. The van der Waals surface area contributed by atoms with E-state index >= 15 is 0 Å². The molecule has 0 saturated carbocycles. The first kappa shape index (κ1) is 24.1. The number of rotatable bonds is 8. The molecule has 0 radical (unpaired) electrons. The Morgan fingerprint density at radius 1 is 1.23 bits per heavy atom. The molecule has 2 aliphatic heterocycles. The number of hydrogen-bond acceptors (Lipinski definition) is 6. The van der Waals surface area contributed by atoms with Crippen LogP contribution in [0.1, 0.15) is 45.2 Å². The molecule has 0 amide bonds. The molecule has 1 aromatic rings. The molecule has 4 unspecified atom stereocenters. The average Bonchev–Trinajstić information content (AvgIpc) is 3.21. The van der Waals surface area contributed by atoms with Crippen LogP contribution in [-0.2, 0) is 14.6 Å². The van der Waals surface area contributed by atoms with Gasteiger partial charge in [0.15, 0.2) is 9.84 Å². The van der Waals surface area contributed by atoms with E-state index in [4.69, 9.17) is 4.74 Å². The van der Waals surface area contributed by atoms with Gasteiger partial charge in [0.25, 0.3) is 0 Å². The van der Waals surface area contributed by atoms with E-state index < -0.39 is 9.84 Å². The van der Waals surface area contributed by atoms with E-state index in [-0.39, 0.29) is 12.3 Å². The Hall–Kier alpha value is -0.600. The molecule has 1 aromatic carbocycles. The van der Waals surface area contributed by atoms with Gasteiger partial charge in [0, 0.05) is 36.6 Å². The summed E-state index contributed by atoms with van der Waals surface area (Å²) in [5.41, 5.74) is 1.44. The van der Waals surface area contributed by atoms with E-state index in [9.17, 15) is 8.42 Å². The number of nitrogens with zero attached hydrogens (tertiary/aromatic N) is 2. The van der Waals surface area contributed by atoms with Gasteiger partial charge in [-0.15, -0.1) is 0 Å². The molecule has 4 atom stereocenters. The lowest BCUT2D eigenvalue weighted by molar-refractivity contribution is -0.142. The SMILES string of the molecule is CCC(C)C1(COC2CN(C)CC(c3ccc(S(C)(=O)=O)cc3)N2CC)CCSC1. The highest BCUT2D eigenvalue weighted by Crippen LogP contribution is 2.44. The predicted octanol–water partition coefficient (Wildman–Crippen LogP) is 3.91. The van der Waals surface area contributed by atoms with Crippen LogP contribution in [0.25, 0.3) is 0 Å². The number of likely N-dealkylation sites (N-methyl/N-ethyl adjacent to an activating group) is 2. The molecule has 3 rings (SSSR count). The standard InChI is InChI=1S/C23H38N2O3S2/c1-6-18(3)23(12-13-29-17-23)16-28-22-15-24(4)14-21(25(22)7-2)19-8-10-20(11-9-19)30(5,26)27/h8-11,18,21-22H,6-7,12-17H2,1-5H3. The molecule has 0 aromatic heterocycles. The smallest absolute Gasteiger partial charge is 0.175 e.